The predicted octanol–water partition coefficient (Wildman–Crippen LogP) is 4.63. The highest BCUT2D eigenvalue weighted by Crippen LogP contribution is 2.49. The number of hydrazone groups is 1. The van der Waals surface area contributed by atoms with Gasteiger partial charge < -0.3 is 97.7 Å². The van der Waals surface area contributed by atoms with Crippen molar-refractivity contribution in [3.8, 4) is 46.7 Å². The van der Waals surface area contributed by atoms with E-state index < -0.39 is 149 Å². The van der Waals surface area contributed by atoms with Gasteiger partial charge in [0.2, 0.25) is 34.9 Å². The van der Waals surface area contributed by atoms with Gasteiger partial charge in [-0.15, -0.1) is 0 Å². The van der Waals surface area contributed by atoms with E-state index in [4.69, 9.17) is 72.2 Å². The summed E-state index contributed by atoms with van der Waals surface area (Å²) in [5, 5.41) is 64.8. The van der Waals surface area contributed by atoms with Crippen molar-refractivity contribution in [1.82, 2.24) is 21.1 Å². The van der Waals surface area contributed by atoms with Crippen LogP contribution in [0.2, 0.25) is 0 Å². The number of hydrogen-bond donors (Lipinski definition) is 9. The molecule has 6 aliphatic rings. The Morgan fingerprint density at radius 1 is 0.844 bits per heavy atom. The molecule has 10 N–H and O–H groups in total. The van der Waals surface area contributed by atoms with E-state index in [1.165, 1.54) is 69.1 Å². The van der Waals surface area contributed by atoms with Gasteiger partial charge in [-0.25, -0.2) is 10.2 Å². The maximum atomic E-state index is 14.6. The molecule has 2 aromatic rings. The van der Waals surface area contributed by atoms with Crippen LogP contribution in [-0.4, -0.2) is 252 Å². The minimum Gasteiger partial charge on any atom is -0.494 e. The third-order valence-electron chi connectivity index (χ3n) is 19.3. The molecule has 0 spiro atoms. The second-order valence-corrected chi connectivity index (χ2v) is 31.6. The maximum absolute atomic E-state index is 14.6. The molecule has 19 atom stereocenters. The van der Waals surface area contributed by atoms with Crippen molar-refractivity contribution in [1.29, 1.82) is 0 Å². The van der Waals surface area contributed by atoms with Crippen LogP contribution in [0.3, 0.4) is 0 Å². The Labute approximate surface area is 646 Å². The van der Waals surface area contributed by atoms with Crippen LogP contribution in [0.25, 0.3) is 0 Å². The Hall–Kier alpha value is -6.88. The fourth-order valence-corrected chi connectivity index (χ4v) is 16.9. The number of ketones is 1. The van der Waals surface area contributed by atoms with Crippen LogP contribution in [-0.2, 0) is 66.6 Å². The van der Waals surface area contributed by atoms with E-state index >= 15 is 0 Å². The lowest BCUT2D eigenvalue weighted by atomic mass is 9.73. The molecule has 0 unspecified atom stereocenters. The van der Waals surface area contributed by atoms with Crippen LogP contribution in [0.1, 0.15) is 127 Å². The number of benzene rings is 2. The quantitative estimate of drug-likeness (QED) is 0.0163. The summed E-state index contributed by atoms with van der Waals surface area (Å²) < 4.78 is 78.0. The number of carbonyl (C=O) groups excluding carboxylic acids is 6. The van der Waals surface area contributed by atoms with Crippen LogP contribution in [0.4, 0.5) is 4.79 Å². The first-order chi connectivity index (χ1) is 51.8. The number of thioether (sulfide) groups is 1. The molecule has 31 nitrogen and oxygen atoms in total. The second-order valence-electron chi connectivity index (χ2n) is 27.5. The fraction of sp³-hybridized carbons (Fsp3) is 0.613. The summed E-state index contributed by atoms with van der Waals surface area (Å²) in [6.07, 6.45) is -15.2. The first kappa shape index (κ1) is 87.7. The van der Waals surface area contributed by atoms with Crippen molar-refractivity contribution in [3.05, 3.63) is 81.6 Å². The van der Waals surface area contributed by atoms with Crippen molar-refractivity contribution >= 4 is 73.8 Å². The molecule has 4 heterocycles. The van der Waals surface area contributed by atoms with Gasteiger partial charge in [-0.2, -0.15) is 10.6 Å². The van der Waals surface area contributed by atoms with Crippen molar-refractivity contribution in [2.45, 2.75) is 234 Å². The lowest BCUT2D eigenvalue weighted by Crippen LogP contribution is -2.65. The number of aliphatic hydroxyl groups excluding tert-OH is 4. The number of carbonyl (C=O) groups is 6. The molecule has 2 aliphatic carbocycles. The van der Waals surface area contributed by atoms with E-state index in [1.54, 1.807) is 76.8 Å². The number of nitrogens with zero attached hydrogens (tertiary/aromatic N) is 2. The molecule has 0 saturated carbocycles. The first-order valence-electron chi connectivity index (χ1n) is 35.7. The molecule has 4 saturated heterocycles. The summed E-state index contributed by atoms with van der Waals surface area (Å²) in [5.74, 6) is 10.9. The van der Waals surface area contributed by atoms with Crippen molar-refractivity contribution in [3.63, 3.8) is 0 Å². The molecule has 2 bridgehead atoms. The summed E-state index contributed by atoms with van der Waals surface area (Å²) in [4.78, 5) is 87.8. The molecule has 600 valence electrons. The first-order valence-corrected chi connectivity index (χ1v) is 38.9. The molecular weight excluding hydrogens is 1480 g/mol. The van der Waals surface area contributed by atoms with Gasteiger partial charge >= 0.3 is 6.09 Å². The molecule has 34 heteroatoms. The standard InChI is InChI=1S/C75H102N6O25S3/c1-16-81(44(8)82)48-37-99-55(34-52(48)93-11)104-67-62(88)59(80-106-56-33-49(83)69(43(7)100-56)108-70(90)57-38(2)39(3)64(68(96-14)65(57)94-12)105-71-63(89)66(95-13)61(87)42(6)102-71)41(5)101-72(67)103-51-23-20-18-17-19-21-30-75(92)35-50(84)60(77-73(91)97-15)58(51)47(75)29-32-107-109-74(9,10)36-54(86)79-78-40(4)45-25-27-46(28-26-45)98-31-22-24-53(76)85/h17-18,25-29,41-43,48-49,51-52,55-56,59,61-63,66-67,69,71-72,80,83,87-89,92H,16,22,24,30-37H2,1-15H3,(H2,76,85)(H,77,91)(H,79,86)/b18-17-,47-29+,78-40+/t41-,42+,43-,48+,49+,51-,52+,55+,56+,59-,61+,62+,63-,66-,67-,69-,71+,72+,75+/m1/s1. The summed E-state index contributed by atoms with van der Waals surface area (Å²) in [7, 11) is 9.33. The molecule has 0 radical (unpaired) electrons. The normalized spacial score (nSPS) is 30.6. The molecule has 2 aromatic carbocycles. The van der Waals surface area contributed by atoms with Crippen LogP contribution in [0, 0.1) is 37.5 Å². The number of alkyl carbamates (subject to hydrolysis) is 1. The number of allylic oxidation sites excluding steroid dienone is 3. The molecule has 8 rings (SSSR count). The topological polar surface area (TPSA) is 411 Å². The van der Waals surface area contributed by atoms with Gasteiger partial charge in [0.1, 0.15) is 48.0 Å². The maximum Gasteiger partial charge on any atom is 0.411 e. The number of methoxy groups -OCH3 is 5. The van der Waals surface area contributed by atoms with Gasteiger partial charge in [0.15, 0.2) is 36.2 Å². The zero-order valence-electron chi connectivity index (χ0n) is 63.8. The van der Waals surface area contributed by atoms with Gasteiger partial charge in [-0.3, -0.25) is 34.1 Å². The van der Waals surface area contributed by atoms with E-state index in [2.05, 4.69) is 45.0 Å². The number of nitrogens with one attached hydrogen (secondary N) is 3. The minimum atomic E-state index is -2.03. The Balaban J connectivity index is 1.03. The van der Waals surface area contributed by atoms with Gasteiger partial charge in [0.25, 0.3) is 0 Å². The predicted molar refractivity (Wildman–Crippen MR) is 402 cm³/mol. The molecular formula is C75H102N6O25S3. The lowest BCUT2D eigenvalue weighted by Gasteiger charge is -2.47. The van der Waals surface area contributed by atoms with Crippen LogP contribution in [0.15, 0.2) is 64.4 Å². The zero-order chi connectivity index (χ0) is 79.8. The third-order valence-corrected chi connectivity index (χ3v) is 23.8. The Kier molecular flexibility index (Phi) is 32.2. The number of ether oxygens (including phenoxy) is 13. The highest BCUT2D eigenvalue weighted by Gasteiger charge is 2.53. The van der Waals surface area contributed by atoms with E-state index in [9.17, 15) is 54.3 Å². The average Bonchev–Trinajstić information content (AvgIpc) is 1.08. The van der Waals surface area contributed by atoms with Crippen LogP contribution >= 0.6 is 33.3 Å². The Morgan fingerprint density at radius 2 is 1.55 bits per heavy atom. The molecule has 4 fully saturated rings. The summed E-state index contributed by atoms with van der Waals surface area (Å²) in [6.45, 7) is 17.6. The number of amides is 4. The van der Waals surface area contributed by atoms with Crippen LogP contribution in [0.5, 0.6) is 23.0 Å². The van der Waals surface area contributed by atoms with E-state index in [0.717, 1.165) is 24.4 Å². The van der Waals surface area contributed by atoms with Gasteiger partial charge in [0.05, 0.1) is 99.4 Å². The van der Waals surface area contributed by atoms with Gasteiger partial charge in [-0.05, 0) is 127 Å². The number of Topliss-reactive ketones (excluding diaryl/α,β-unsaturated/α-hetero) is 1. The number of primary amides is 1. The molecule has 0 aromatic heterocycles. The fourth-order valence-electron chi connectivity index (χ4n) is 13.4. The van der Waals surface area contributed by atoms with Gasteiger partial charge in [0, 0.05) is 82.3 Å². The lowest BCUT2D eigenvalue weighted by molar-refractivity contribution is -0.337. The summed E-state index contributed by atoms with van der Waals surface area (Å²) in [5.41, 5.74) is 10.6. The largest absolute Gasteiger partial charge is 0.494 e. The summed E-state index contributed by atoms with van der Waals surface area (Å²) >= 11 is 0.802. The van der Waals surface area contributed by atoms with E-state index in [1.807, 2.05) is 20.8 Å². The highest BCUT2D eigenvalue weighted by atomic mass is 33.1. The van der Waals surface area contributed by atoms with Crippen molar-refractivity contribution < 1.29 is 121 Å². The molecule has 4 amide bonds. The van der Waals surface area contributed by atoms with Crippen LogP contribution < -0.4 is 40.9 Å². The highest BCUT2D eigenvalue weighted by molar-refractivity contribution is 8.77. The Bertz CT molecular complexity index is 3810. The van der Waals surface area contributed by atoms with E-state index in [-0.39, 0.29) is 95.9 Å². The zero-order valence-corrected chi connectivity index (χ0v) is 66.3. The number of rotatable bonds is 31. The third kappa shape index (κ3) is 22.1. The minimum absolute atomic E-state index is 0.00202. The van der Waals surface area contributed by atoms with Gasteiger partial charge in [-0.1, -0.05) is 63.1 Å². The van der Waals surface area contributed by atoms with E-state index in [0.29, 0.717) is 42.2 Å². The number of nitrogens with two attached hydrogens (primary N) is 1. The molecule has 109 heavy (non-hydrogen) atoms. The number of hydroxylamine groups is 1. The Morgan fingerprint density at radius 3 is 2.20 bits per heavy atom. The summed E-state index contributed by atoms with van der Waals surface area (Å²) in [6, 6.07) is 5.37. The number of fused-ring (bicyclic) bond motifs is 2. The van der Waals surface area contributed by atoms with Crippen molar-refractivity contribution in [2.75, 3.05) is 61.1 Å². The molecule has 4 aliphatic heterocycles. The van der Waals surface area contributed by atoms with Crippen molar-refractivity contribution in [2.24, 2.45) is 10.8 Å². The second kappa shape index (κ2) is 40.0. The number of aliphatic hydroxyl groups is 5. The number of likely N-dealkylation sites (N-methyl/N-ethyl adjacent to an activating group) is 1. The SMILES string of the molecule is CCN(C(C)=O)[C@H]1CO[C@@H](O[C@H]2[C@H](O[C@@H]3C#C/C=C\C#CC[C@]4(O)CC(=O)C(NC(=O)OC)=C3/C4=C\CSSC(C)(C)CC(=O)N/N=C(\C)c3ccc(OCCCC(N)=O)cc3)O[C@H](C)[C@@H](NO[C@H]3C[C@H](O)[C@H](SC(=O)c4c(C)c(C)c(O[C@@H]5O[C@@H](C)[C@H](O)[C@@H](OC)[C@H]5O)c(OC)c4OC)[C@@H](C)O3)[C@@H]2O)C[C@@H]1OC. The average molecular weight is 1580 g/mol. The number of hydrogen-bond acceptors (Lipinski definition) is 30. The monoisotopic (exact) mass is 1580 g/mol. The smallest absolute Gasteiger partial charge is 0.411 e.